The molecule has 0 saturated heterocycles. The molecule has 0 bridgehead atoms. The molecule has 0 N–H and O–H groups in total. The first kappa shape index (κ1) is 15.0. The molecule has 1 rings (SSSR count). The van der Waals surface area contributed by atoms with Crippen molar-refractivity contribution >= 4 is 11.9 Å². The zero-order valence-electron chi connectivity index (χ0n) is 11.9. The lowest BCUT2D eigenvalue weighted by Crippen LogP contribution is -1.97. The first-order valence-electron chi connectivity index (χ1n) is 6.15. The van der Waals surface area contributed by atoms with Gasteiger partial charge in [0, 0.05) is 11.6 Å². The first-order valence-corrected chi connectivity index (χ1v) is 6.15. The van der Waals surface area contributed by atoms with Gasteiger partial charge in [0.15, 0.2) is 5.78 Å². The predicted octanol–water partition coefficient (Wildman–Crippen LogP) is 3.64. The van der Waals surface area contributed by atoms with Gasteiger partial charge in [0.1, 0.15) is 18.1 Å². The van der Waals surface area contributed by atoms with Crippen LogP contribution in [0.1, 0.15) is 26.3 Å². The van der Waals surface area contributed by atoms with E-state index in [-0.39, 0.29) is 5.78 Å². The van der Waals surface area contributed by atoms with Crippen LogP contribution in [0.5, 0.6) is 11.5 Å². The van der Waals surface area contributed by atoms with Crippen molar-refractivity contribution < 1.29 is 14.3 Å². The van der Waals surface area contributed by atoms with Gasteiger partial charge in [-0.2, -0.15) is 0 Å². The Morgan fingerprint density at radius 1 is 1.26 bits per heavy atom. The van der Waals surface area contributed by atoms with Crippen LogP contribution in [0, 0.1) is 0 Å². The normalized spacial score (nSPS) is 10.3. The van der Waals surface area contributed by atoms with Crippen LogP contribution in [-0.2, 0) is 4.79 Å². The van der Waals surface area contributed by atoms with Gasteiger partial charge in [0.2, 0.25) is 0 Å². The van der Waals surface area contributed by atoms with Crippen molar-refractivity contribution in [3.63, 3.8) is 0 Å². The summed E-state index contributed by atoms with van der Waals surface area (Å²) in [5.41, 5.74) is 2.06. The number of hydrogen-bond acceptors (Lipinski definition) is 3. The SMILES string of the molecule is COc1ccc(/C=C/C(C)=O)c(OCC=C(C)C)c1. The lowest BCUT2D eigenvalue weighted by molar-refractivity contribution is -0.112. The van der Waals surface area contributed by atoms with E-state index in [9.17, 15) is 4.79 Å². The van der Waals surface area contributed by atoms with Gasteiger partial charge < -0.3 is 9.47 Å². The smallest absolute Gasteiger partial charge is 0.152 e. The number of rotatable bonds is 6. The van der Waals surface area contributed by atoms with E-state index >= 15 is 0 Å². The topological polar surface area (TPSA) is 35.5 Å². The summed E-state index contributed by atoms with van der Waals surface area (Å²) in [6, 6.07) is 5.53. The minimum Gasteiger partial charge on any atom is -0.497 e. The quantitative estimate of drug-likeness (QED) is 0.578. The van der Waals surface area contributed by atoms with Crippen LogP contribution < -0.4 is 9.47 Å². The van der Waals surface area contributed by atoms with E-state index in [2.05, 4.69) is 0 Å². The third-order valence-electron chi connectivity index (χ3n) is 2.45. The van der Waals surface area contributed by atoms with E-state index in [1.54, 1.807) is 13.2 Å². The molecule has 0 spiro atoms. The highest BCUT2D eigenvalue weighted by molar-refractivity contribution is 5.91. The summed E-state index contributed by atoms with van der Waals surface area (Å²) in [6.45, 7) is 6.05. The van der Waals surface area contributed by atoms with Crippen LogP contribution in [0.25, 0.3) is 6.08 Å². The monoisotopic (exact) mass is 260 g/mol. The molecular weight excluding hydrogens is 240 g/mol. The van der Waals surface area contributed by atoms with Gasteiger partial charge in [0.05, 0.1) is 7.11 Å². The van der Waals surface area contributed by atoms with Gasteiger partial charge in [-0.3, -0.25) is 4.79 Å². The van der Waals surface area contributed by atoms with Crippen LogP contribution in [0.15, 0.2) is 35.9 Å². The predicted molar refractivity (Wildman–Crippen MR) is 77.6 cm³/mol. The van der Waals surface area contributed by atoms with Crippen LogP contribution >= 0.6 is 0 Å². The van der Waals surface area contributed by atoms with Crippen molar-refractivity contribution in [3.05, 3.63) is 41.5 Å². The molecule has 102 valence electrons. The van der Waals surface area contributed by atoms with E-state index < -0.39 is 0 Å². The second kappa shape index (κ2) is 7.41. The highest BCUT2D eigenvalue weighted by Gasteiger charge is 2.03. The molecule has 3 heteroatoms. The van der Waals surface area contributed by atoms with E-state index in [4.69, 9.17) is 9.47 Å². The van der Waals surface area contributed by atoms with Crippen molar-refractivity contribution in [1.82, 2.24) is 0 Å². The Balaban J connectivity index is 2.95. The molecule has 3 nitrogen and oxygen atoms in total. The van der Waals surface area contributed by atoms with Crippen molar-refractivity contribution in [3.8, 4) is 11.5 Å². The first-order chi connectivity index (χ1) is 9.02. The maximum absolute atomic E-state index is 11.0. The molecule has 0 aliphatic heterocycles. The maximum Gasteiger partial charge on any atom is 0.152 e. The van der Waals surface area contributed by atoms with E-state index in [0.29, 0.717) is 12.4 Å². The fourth-order valence-corrected chi connectivity index (χ4v) is 1.41. The molecule has 0 aromatic heterocycles. The molecule has 0 unspecified atom stereocenters. The number of allylic oxidation sites excluding steroid dienone is 2. The molecule has 0 fully saturated rings. The number of ketones is 1. The molecule has 0 aliphatic rings. The van der Waals surface area contributed by atoms with Crippen LogP contribution in [0.2, 0.25) is 0 Å². The van der Waals surface area contributed by atoms with Gasteiger partial charge in [0.25, 0.3) is 0 Å². The molecule has 1 aromatic carbocycles. The molecule has 0 heterocycles. The largest absolute Gasteiger partial charge is 0.497 e. The lowest BCUT2D eigenvalue weighted by atomic mass is 10.1. The summed E-state index contributed by atoms with van der Waals surface area (Å²) in [5.74, 6) is 1.44. The van der Waals surface area contributed by atoms with Crippen molar-refractivity contribution in [2.75, 3.05) is 13.7 Å². The molecule has 0 atom stereocenters. The molecule has 1 aromatic rings. The highest BCUT2D eigenvalue weighted by atomic mass is 16.5. The number of hydrogen-bond donors (Lipinski definition) is 0. The molecular formula is C16H20O3. The van der Waals surface area contributed by atoms with Crippen molar-refractivity contribution in [2.45, 2.75) is 20.8 Å². The van der Waals surface area contributed by atoms with E-state index in [1.165, 1.54) is 18.6 Å². The Labute approximate surface area is 114 Å². The van der Waals surface area contributed by atoms with Crippen molar-refractivity contribution in [2.24, 2.45) is 0 Å². The van der Waals surface area contributed by atoms with Gasteiger partial charge in [-0.1, -0.05) is 5.57 Å². The Bertz CT molecular complexity index is 495. The third-order valence-corrected chi connectivity index (χ3v) is 2.45. The number of ether oxygens (including phenoxy) is 2. The molecule has 0 radical (unpaired) electrons. The third kappa shape index (κ3) is 5.42. The van der Waals surface area contributed by atoms with Gasteiger partial charge in [-0.15, -0.1) is 0 Å². The van der Waals surface area contributed by atoms with E-state index in [0.717, 1.165) is 11.3 Å². The van der Waals surface area contributed by atoms with Crippen LogP contribution in [-0.4, -0.2) is 19.5 Å². The summed E-state index contributed by atoms with van der Waals surface area (Å²) >= 11 is 0. The summed E-state index contributed by atoms with van der Waals surface area (Å²) in [7, 11) is 1.61. The fourth-order valence-electron chi connectivity index (χ4n) is 1.41. The number of carbonyl (C=O) groups excluding carboxylic acids is 1. The summed E-state index contributed by atoms with van der Waals surface area (Å²) in [5, 5.41) is 0. The summed E-state index contributed by atoms with van der Waals surface area (Å²) in [4.78, 5) is 11.0. The standard InChI is InChI=1S/C16H20O3/c1-12(2)9-10-19-16-11-15(18-4)8-7-14(16)6-5-13(3)17/h5-9,11H,10H2,1-4H3/b6-5+. The average molecular weight is 260 g/mol. The molecule has 0 saturated carbocycles. The maximum atomic E-state index is 11.0. The van der Waals surface area contributed by atoms with Crippen LogP contribution in [0.3, 0.4) is 0 Å². The van der Waals surface area contributed by atoms with Gasteiger partial charge in [-0.25, -0.2) is 0 Å². The fraction of sp³-hybridized carbons (Fsp3) is 0.312. The Morgan fingerprint density at radius 3 is 2.58 bits per heavy atom. The second-order valence-electron chi connectivity index (χ2n) is 4.44. The minimum absolute atomic E-state index is 0.00562. The zero-order chi connectivity index (χ0) is 14.3. The second-order valence-corrected chi connectivity index (χ2v) is 4.44. The highest BCUT2D eigenvalue weighted by Crippen LogP contribution is 2.26. The minimum atomic E-state index is 0.00562. The van der Waals surface area contributed by atoms with Crippen LogP contribution in [0.4, 0.5) is 0 Å². The van der Waals surface area contributed by atoms with E-state index in [1.807, 2.05) is 38.1 Å². The number of methoxy groups -OCH3 is 1. The van der Waals surface area contributed by atoms with Gasteiger partial charge in [-0.05, 0) is 51.1 Å². The molecule has 0 amide bonds. The summed E-state index contributed by atoms with van der Waals surface area (Å²) < 4.78 is 10.9. The van der Waals surface area contributed by atoms with Crippen molar-refractivity contribution in [1.29, 1.82) is 0 Å². The Morgan fingerprint density at radius 2 is 2.00 bits per heavy atom. The summed E-state index contributed by atoms with van der Waals surface area (Å²) in [6.07, 6.45) is 5.27. The Kier molecular flexibility index (Phi) is 5.86. The number of carbonyl (C=O) groups is 1. The molecule has 19 heavy (non-hydrogen) atoms. The number of benzene rings is 1. The Hall–Kier alpha value is -2.03. The molecule has 0 aliphatic carbocycles. The van der Waals surface area contributed by atoms with Gasteiger partial charge >= 0.3 is 0 Å². The average Bonchev–Trinajstić information content (AvgIpc) is 2.36. The zero-order valence-corrected chi connectivity index (χ0v) is 11.9. The lowest BCUT2D eigenvalue weighted by Gasteiger charge is -2.09.